The van der Waals surface area contributed by atoms with Gasteiger partial charge < -0.3 is 10.1 Å². The molecule has 0 aliphatic carbocycles. The number of rotatable bonds is 3. The first-order valence-electron chi connectivity index (χ1n) is 7.34. The Kier molecular flexibility index (Phi) is 4.19. The van der Waals surface area contributed by atoms with Gasteiger partial charge in [-0.2, -0.15) is 0 Å². The first kappa shape index (κ1) is 14.3. The molecule has 3 rings (SSSR count). The molecule has 1 aliphatic rings. The zero-order chi connectivity index (χ0) is 15.4. The minimum Gasteiger partial charge on any atom is -0.456 e. The molecule has 112 valence electrons. The summed E-state index contributed by atoms with van der Waals surface area (Å²) in [6.45, 7) is 0. The zero-order valence-electron chi connectivity index (χ0n) is 12.1. The van der Waals surface area contributed by atoms with Crippen molar-refractivity contribution < 1.29 is 14.3 Å². The van der Waals surface area contributed by atoms with E-state index in [1.807, 2.05) is 36.4 Å². The Bertz CT molecular complexity index is 655. The van der Waals surface area contributed by atoms with Gasteiger partial charge in [-0.25, -0.2) is 4.79 Å². The minimum absolute atomic E-state index is 0.0131. The summed E-state index contributed by atoms with van der Waals surface area (Å²) in [4.78, 5) is 23.9. The molecule has 0 unspecified atom stereocenters. The van der Waals surface area contributed by atoms with E-state index < -0.39 is 0 Å². The highest BCUT2D eigenvalue weighted by Crippen LogP contribution is 2.27. The van der Waals surface area contributed by atoms with Gasteiger partial charge in [0.25, 0.3) is 0 Å². The molecule has 1 saturated heterocycles. The summed E-state index contributed by atoms with van der Waals surface area (Å²) in [5.74, 6) is -0.372. The molecule has 0 radical (unpaired) electrons. The fourth-order valence-corrected chi connectivity index (χ4v) is 2.64. The van der Waals surface area contributed by atoms with Gasteiger partial charge in [0, 0.05) is 6.42 Å². The van der Waals surface area contributed by atoms with Gasteiger partial charge in [0.05, 0.1) is 11.6 Å². The molecule has 1 fully saturated rings. The normalized spacial score (nSPS) is 21.0. The quantitative estimate of drug-likeness (QED) is 0.886. The van der Waals surface area contributed by atoms with Crippen molar-refractivity contribution in [1.82, 2.24) is 5.32 Å². The van der Waals surface area contributed by atoms with Crippen molar-refractivity contribution >= 4 is 11.9 Å². The van der Waals surface area contributed by atoms with Gasteiger partial charge in [-0.1, -0.05) is 48.5 Å². The first-order chi connectivity index (χ1) is 10.7. The van der Waals surface area contributed by atoms with Crippen LogP contribution in [0.2, 0.25) is 0 Å². The van der Waals surface area contributed by atoms with E-state index in [1.54, 1.807) is 24.3 Å². The van der Waals surface area contributed by atoms with Crippen LogP contribution >= 0.6 is 0 Å². The van der Waals surface area contributed by atoms with Gasteiger partial charge in [-0.3, -0.25) is 4.79 Å². The Hall–Kier alpha value is -2.62. The van der Waals surface area contributed by atoms with Crippen LogP contribution in [0.4, 0.5) is 0 Å². The largest absolute Gasteiger partial charge is 0.456 e. The minimum atomic E-state index is -0.359. The highest BCUT2D eigenvalue weighted by Gasteiger charge is 2.32. The Labute approximate surface area is 129 Å². The van der Waals surface area contributed by atoms with Gasteiger partial charge in [0.2, 0.25) is 5.91 Å². The van der Waals surface area contributed by atoms with Crippen LogP contribution in [-0.4, -0.2) is 18.0 Å². The van der Waals surface area contributed by atoms with Crippen LogP contribution in [-0.2, 0) is 9.53 Å². The number of piperidine rings is 1. The molecular formula is C18H17NO3. The third-order valence-corrected chi connectivity index (χ3v) is 3.77. The smallest absolute Gasteiger partial charge is 0.338 e. The number of ether oxygens (including phenoxy) is 1. The summed E-state index contributed by atoms with van der Waals surface area (Å²) in [5.41, 5.74) is 1.47. The van der Waals surface area contributed by atoms with Crippen LogP contribution in [0, 0.1) is 0 Å². The third-order valence-electron chi connectivity index (χ3n) is 3.77. The summed E-state index contributed by atoms with van der Waals surface area (Å²) < 4.78 is 5.64. The monoisotopic (exact) mass is 295 g/mol. The molecule has 4 nitrogen and oxygen atoms in total. The summed E-state index contributed by atoms with van der Waals surface area (Å²) in [5, 5.41) is 2.92. The maximum absolute atomic E-state index is 12.2. The van der Waals surface area contributed by atoms with Gasteiger partial charge in [0.15, 0.2) is 0 Å². The molecule has 0 spiro atoms. The van der Waals surface area contributed by atoms with Crippen molar-refractivity contribution in [2.24, 2.45) is 0 Å². The lowest BCUT2D eigenvalue weighted by molar-refractivity contribution is -0.126. The number of hydrogen-bond acceptors (Lipinski definition) is 3. The number of amides is 1. The standard InChI is InChI=1S/C18H17NO3/c20-16-12-11-15(17(19-16)13-7-3-1-4-8-13)22-18(21)14-9-5-2-6-10-14/h1-10,15,17H,11-12H2,(H,19,20)/t15-,17-/m0/s1. The van der Waals surface area contributed by atoms with E-state index in [-0.39, 0.29) is 24.0 Å². The first-order valence-corrected chi connectivity index (χ1v) is 7.34. The SMILES string of the molecule is O=C1CC[C@H](OC(=O)c2ccccc2)[C@H](c2ccccc2)N1. The second kappa shape index (κ2) is 6.43. The summed E-state index contributed by atoms with van der Waals surface area (Å²) in [7, 11) is 0. The predicted molar refractivity (Wildman–Crippen MR) is 82.2 cm³/mol. The fourth-order valence-electron chi connectivity index (χ4n) is 2.64. The molecular weight excluding hydrogens is 278 g/mol. The van der Waals surface area contributed by atoms with E-state index in [9.17, 15) is 9.59 Å². The molecule has 0 saturated carbocycles. The van der Waals surface area contributed by atoms with Crippen LogP contribution in [0.3, 0.4) is 0 Å². The lowest BCUT2D eigenvalue weighted by atomic mass is 9.94. The van der Waals surface area contributed by atoms with E-state index in [1.165, 1.54) is 0 Å². The average molecular weight is 295 g/mol. The Balaban J connectivity index is 1.78. The molecule has 1 aliphatic heterocycles. The Morgan fingerprint density at radius 1 is 1.00 bits per heavy atom. The second-order valence-electron chi connectivity index (χ2n) is 5.30. The highest BCUT2D eigenvalue weighted by molar-refractivity contribution is 5.89. The number of carbonyl (C=O) groups excluding carboxylic acids is 2. The summed E-state index contributed by atoms with van der Waals surface area (Å²) >= 11 is 0. The average Bonchev–Trinajstić information content (AvgIpc) is 2.58. The third kappa shape index (κ3) is 3.17. The molecule has 0 aromatic heterocycles. The van der Waals surface area contributed by atoms with Crippen molar-refractivity contribution in [3.05, 3.63) is 71.8 Å². The Morgan fingerprint density at radius 2 is 1.64 bits per heavy atom. The van der Waals surface area contributed by atoms with Crippen LogP contribution in [0.5, 0.6) is 0 Å². The van der Waals surface area contributed by atoms with Gasteiger partial charge in [-0.15, -0.1) is 0 Å². The molecule has 1 amide bonds. The van der Waals surface area contributed by atoms with Crippen molar-refractivity contribution in [3.63, 3.8) is 0 Å². The maximum Gasteiger partial charge on any atom is 0.338 e. The van der Waals surface area contributed by atoms with Gasteiger partial charge in [0.1, 0.15) is 6.10 Å². The van der Waals surface area contributed by atoms with Crippen molar-refractivity contribution in [2.75, 3.05) is 0 Å². The number of carbonyl (C=O) groups is 2. The molecule has 2 aromatic rings. The lowest BCUT2D eigenvalue weighted by Crippen LogP contribution is -2.43. The molecule has 22 heavy (non-hydrogen) atoms. The lowest BCUT2D eigenvalue weighted by Gasteiger charge is -2.32. The van der Waals surface area contributed by atoms with E-state index in [2.05, 4.69) is 5.32 Å². The number of nitrogens with one attached hydrogen (secondary N) is 1. The molecule has 1 N–H and O–H groups in total. The number of esters is 1. The highest BCUT2D eigenvalue weighted by atomic mass is 16.5. The topological polar surface area (TPSA) is 55.4 Å². The summed E-state index contributed by atoms with van der Waals surface area (Å²) in [6, 6.07) is 18.2. The van der Waals surface area contributed by atoms with Crippen LogP contribution in [0.1, 0.15) is 34.8 Å². The molecule has 2 aromatic carbocycles. The van der Waals surface area contributed by atoms with E-state index >= 15 is 0 Å². The second-order valence-corrected chi connectivity index (χ2v) is 5.30. The number of hydrogen-bond donors (Lipinski definition) is 1. The molecule has 0 bridgehead atoms. The van der Waals surface area contributed by atoms with Crippen molar-refractivity contribution in [3.8, 4) is 0 Å². The van der Waals surface area contributed by atoms with Gasteiger partial charge in [-0.05, 0) is 24.1 Å². The van der Waals surface area contributed by atoms with E-state index in [4.69, 9.17) is 4.74 Å². The van der Waals surface area contributed by atoms with E-state index in [0.717, 1.165) is 5.56 Å². The van der Waals surface area contributed by atoms with Crippen LogP contribution in [0.25, 0.3) is 0 Å². The molecule has 1 heterocycles. The maximum atomic E-state index is 12.2. The van der Waals surface area contributed by atoms with Gasteiger partial charge >= 0.3 is 5.97 Å². The van der Waals surface area contributed by atoms with Crippen molar-refractivity contribution in [1.29, 1.82) is 0 Å². The van der Waals surface area contributed by atoms with Crippen LogP contribution < -0.4 is 5.32 Å². The zero-order valence-corrected chi connectivity index (χ0v) is 12.1. The Morgan fingerprint density at radius 3 is 2.32 bits per heavy atom. The fraction of sp³-hybridized carbons (Fsp3) is 0.222. The summed E-state index contributed by atoms with van der Waals surface area (Å²) in [6.07, 6.45) is 0.549. The number of benzene rings is 2. The molecule has 2 atom stereocenters. The van der Waals surface area contributed by atoms with E-state index in [0.29, 0.717) is 18.4 Å². The van der Waals surface area contributed by atoms with Crippen molar-refractivity contribution in [2.45, 2.75) is 25.0 Å². The predicted octanol–water partition coefficient (Wildman–Crippen LogP) is 2.86. The van der Waals surface area contributed by atoms with Crippen LogP contribution in [0.15, 0.2) is 60.7 Å². The molecule has 4 heteroatoms.